The molecule has 0 unspecified atom stereocenters. The number of nitrogens with zero attached hydrogens (tertiary/aromatic N) is 1. The number of alkyl halides is 2. The Balaban J connectivity index is 2.61. The van der Waals surface area contributed by atoms with E-state index in [1.54, 1.807) is 6.92 Å². The number of nitrogens with one attached hydrogen (secondary N) is 1. The molecule has 2 nitrogen and oxygen atoms in total. The van der Waals surface area contributed by atoms with Gasteiger partial charge in [0.2, 0.25) is 0 Å². The first-order valence-electron chi connectivity index (χ1n) is 4.28. The van der Waals surface area contributed by atoms with Gasteiger partial charge in [0.05, 0.1) is 10.7 Å². The molecule has 2 heterocycles. The molecule has 0 saturated carbocycles. The Kier molecular flexibility index (Phi) is 2.41. The predicted molar refractivity (Wildman–Crippen MR) is 49.5 cm³/mol. The summed E-state index contributed by atoms with van der Waals surface area (Å²) in [7, 11) is 0. The van der Waals surface area contributed by atoms with Gasteiger partial charge < -0.3 is 5.32 Å². The van der Waals surface area contributed by atoms with Gasteiger partial charge in [0.25, 0.3) is 6.43 Å². The molecule has 0 aliphatic carbocycles. The van der Waals surface area contributed by atoms with Crippen molar-refractivity contribution in [3.63, 3.8) is 0 Å². The van der Waals surface area contributed by atoms with Gasteiger partial charge >= 0.3 is 0 Å². The predicted octanol–water partition coefficient (Wildman–Crippen LogP) is 2.58. The molecule has 0 saturated heterocycles. The van der Waals surface area contributed by atoms with Crippen LogP contribution < -0.4 is 5.32 Å². The highest BCUT2D eigenvalue weighted by atomic mass is 35.5. The lowest BCUT2D eigenvalue weighted by molar-refractivity contribution is 0.146. The second-order valence-electron chi connectivity index (χ2n) is 3.27. The molecule has 14 heavy (non-hydrogen) atoms. The van der Waals surface area contributed by atoms with Crippen LogP contribution in [0.4, 0.5) is 8.78 Å². The third kappa shape index (κ3) is 1.38. The highest BCUT2D eigenvalue weighted by Gasteiger charge is 2.23. The summed E-state index contributed by atoms with van der Waals surface area (Å²) < 4.78 is 25.0. The van der Waals surface area contributed by atoms with E-state index in [1.165, 1.54) is 0 Å². The lowest BCUT2D eigenvalue weighted by Gasteiger charge is -2.09. The lowest BCUT2D eigenvalue weighted by Crippen LogP contribution is -2.01. The summed E-state index contributed by atoms with van der Waals surface area (Å²) >= 11 is 5.80. The van der Waals surface area contributed by atoms with Gasteiger partial charge in [-0.2, -0.15) is 0 Å². The zero-order chi connectivity index (χ0) is 10.3. The van der Waals surface area contributed by atoms with Crippen LogP contribution in [-0.2, 0) is 13.1 Å². The summed E-state index contributed by atoms with van der Waals surface area (Å²) in [6, 6.07) is 0. The minimum absolute atomic E-state index is 0.0995. The molecule has 0 aromatic carbocycles. The molecule has 1 aliphatic rings. The van der Waals surface area contributed by atoms with Gasteiger partial charge in [-0.3, -0.25) is 0 Å². The van der Waals surface area contributed by atoms with Crippen molar-refractivity contribution >= 4 is 11.6 Å². The SMILES string of the molecule is Cc1c(Cl)c(C(F)F)nc2c1CNC2. The van der Waals surface area contributed by atoms with Crippen LogP contribution in [0.1, 0.15) is 28.9 Å². The van der Waals surface area contributed by atoms with E-state index in [4.69, 9.17) is 11.6 Å². The van der Waals surface area contributed by atoms with E-state index in [2.05, 4.69) is 10.3 Å². The Bertz CT molecular complexity index is 380. The normalized spacial score (nSPS) is 14.9. The molecule has 1 N–H and O–H groups in total. The van der Waals surface area contributed by atoms with Gasteiger partial charge in [-0.25, -0.2) is 13.8 Å². The van der Waals surface area contributed by atoms with E-state index in [9.17, 15) is 8.78 Å². The summed E-state index contributed by atoms with van der Waals surface area (Å²) in [5.41, 5.74) is 2.07. The molecular weight excluding hydrogens is 210 g/mol. The summed E-state index contributed by atoms with van der Waals surface area (Å²) in [5.74, 6) is 0. The summed E-state index contributed by atoms with van der Waals surface area (Å²) in [4.78, 5) is 3.87. The number of rotatable bonds is 1. The van der Waals surface area contributed by atoms with Crippen molar-refractivity contribution in [2.75, 3.05) is 0 Å². The van der Waals surface area contributed by atoms with Crippen LogP contribution >= 0.6 is 11.6 Å². The van der Waals surface area contributed by atoms with Gasteiger partial charge in [-0.05, 0) is 18.1 Å². The number of halogens is 3. The molecule has 0 fully saturated rings. The molecule has 1 aromatic heterocycles. The minimum atomic E-state index is -2.60. The average Bonchev–Trinajstić information content (AvgIpc) is 2.58. The highest BCUT2D eigenvalue weighted by molar-refractivity contribution is 6.32. The third-order valence-electron chi connectivity index (χ3n) is 2.41. The van der Waals surface area contributed by atoms with Gasteiger partial charge in [-0.15, -0.1) is 0 Å². The van der Waals surface area contributed by atoms with E-state index in [-0.39, 0.29) is 10.7 Å². The Hall–Kier alpha value is -0.740. The Morgan fingerprint density at radius 1 is 1.43 bits per heavy atom. The maximum Gasteiger partial charge on any atom is 0.281 e. The molecule has 0 atom stereocenters. The van der Waals surface area contributed by atoms with Crippen LogP contribution in [0.15, 0.2) is 0 Å². The van der Waals surface area contributed by atoms with Gasteiger partial charge in [0.15, 0.2) is 0 Å². The zero-order valence-electron chi connectivity index (χ0n) is 7.57. The molecule has 0 amide bonds. The first-order valence-corrected chi connectivity index (χ1v) is 4.65. The van der Waals surface area contributed by atoms with E-state index in [0.29, 0.717) is 18.8 Å². The molecule has 0 spiro atoms. The first kappa shape index (κ1) is 9.80. The van der Waals surface area contributed by atoms with Crippen LogP contribution in [0.2, 0.25) is 5.02 Å². The Labute approximate surface area is 85.3 Å². The molecule has 0 radical (unpaired) electrons. The van der Waals surface area contributed by atoms with E-state index < -0.39 is 6.43 Å². The number of hydrogen-bond acceptors (Lipinski definition) is 2. The van der Waals surface area contributed by atoms with Crippen molar-refractivity contribution < 1.29 is 8.78 Å². The van der Waals surface area contributed by atoms with E-state index in [0.717, 1.165) is 11.1 Å². The number of pyridine rings is 1. The largest absolute Gasteiger partial charge is 0.307 e. The zero-order valence-corrected chi connectivity index (χ0v) is 8.33. The van der Waals surface area contributed by atoms with E-state index in [1.807, 2.05) is 0 Å². The van der Waals surface area contributed by atoms with Crippen molar-refractivity contribution in [1.82, 2.24) is 10.3 Å². The summed E-state index contributed by atoms with van der Waals surface area (Å²) in [5, 5.41) is 3.16. The second kappa shape index (κ2) is 3.44. The topological polar surface area (TPSA) is 24.9 Å². The molecule has 5 heteroatoms. The van der Waals surface area contributed by atoms with Crippen LogP contribution in [0.3, 0.4) is 0 Å². The molecule has 1 aliphatic heterocycles. The van der Waals surface area contributed by atoms with Crippen LogP contribution in [0.25, 0.3) is 0 Å². The smallest absolute Gasteiger partial charge is 0.281 e. The van der Waals surface area contributed by atoms with E-state index >= 15 is 0 Å². The fraction of sp³-hybridized carbons (Fsp3) is 0.444. The van der Waals surface area contributed by atoms with Crippen molar-refractivity contribution in [3.8, 4) is 0 Å². The standard InChI is InChI=1S/C9H9ClF2N2/c1-4-5-2-13-3-6(5)14-8(7(4)10)9(11)12/h9,13H,2-3H2,1H3. The number of aromatic nitrogens is 1. The fourth-order valence-corrected chi connectivity index (χ4v) is 1.87. The fourth-order valence-electron chi connectivity index (χ4n) is 1.63. The second-order valence-corrected chi connectivity index (χ2v) is 3.64. The van der Waals surface area contributed by atoms with Crippen molar-refractivity contribution in [2.24, 2.45) is 0 Å². The van der Waals surface area contributed by atoms with Gasteiger partial charge in [-0.1, -0.05) is 11.6 Å². The Morgan fingerprint density at radius 2 is 2.14 bits per heavy atom. The molecule has 2 rings (SSSR count). The maximum atomic E-state index is 12.5. The molecule has 0 bridgehead atoms. The lowest BCUT2D eigenvalue weighted by atomic mass is 10.1. The molecule has 1 aromatic rings. The summed E-state index contributed by atoms with van der Waals surface area (Å²) in [6.45, 7) is 2.96. The highest BCUT2D eigenvalue weighted by Crippen LogP contribution is 2.32. The average molecular weight is 219 g/mol. The quantitative estimate of drug-likeness (QED) is 0.784. The van der Waals surface area contributed by atoms with Crippen LogP contribution in [-0.4, -0.2) is 4.98 Å². The van der Waals surface area contributed by atoms with Crippen LogP contribution in [0.5, 0.6) is 0 Å². The maximum absolute atomic E-state index is 12.5. The van der Waals surface area contributed by atoms with Gasteiger partial charge in [0, 0.05) is 13.1 Å². The van der Waals surface area contributed by atoms with Crippen molar-refractivity contribution in [3.05, 3.63) is 27.5 Å². The molecule has 76 valence electrons. The number of fused-ring (bicyclic) bond motifs is 1. The van der Waals surface area contributed by atoms with Crippen LogP contribution in [0, 0.1) is 6.92 Å². The van der Waals surface area contributed by atoms with Crippen molar-refractivity contribution in [2.45, 2.75) is 26.4 Å². The minimum Gasteiger partial charge on any atom is -0.307 e. The Morgan fingerprint density at radius 3 is 2.79 bits per heavy atom. The van der Waals surface area contributed by atoms with Gasteiger partial charge in [0.1, 0.15) is 5.69 Å². The number of hydrogen-bond donors (Lipinski definition) is 1. The monoisotopic (exact) mass is 218 g/mol. The van der Waals surface area contributed by atoms with Crippen molar-refractivity contribution in [1.29, 1.82) is 0 Å². The first-order chi connectivity index (χ1) is 6.61. The molecular formula is C9H9ClF2N2. The summed E-state index contributed by atoms with van der Waals surface area (Å²) in [6.07, 6.45) is -2.60. The third-order valence-corrected chi connectivity index (χ3v) is 2.89.